The normalized spacial score (nSPS) is 20.3. The zero-order chi connectivity index (χ0) is 37.2. The van der Waals surface area contributed by atoms with Gasteiger partial charge in [0.2, 0.25) is 0 Å². The van der Waals surface area contributed by atoms with Crippen LogP contribution in [0.25, 0.3) is 27.8 Å². The van der Waals surface area contributed by atoms with Gasteiger partial charge >= 0.3 is 5.69 Å². The van der Waals surface area contributed by atoms with E-state index in [9.17, 15) is 18.8 Å². The average Bonchev–Trinajstić information content (AvgIpc) is 3.20. The van der Waals surface area contributed by atoms with Crippen molar-refractivity contribution in [1.29, 1.82) is 0 Å². The van der Waals surface area contributed by atoms with E-state index in [1.165, 1.54) is 66.1 Å². The van der Waals surface area contributed by atoms with E-state index in [2.05, 4.69) is 54.3 Å². The largest absolute Gasteiger partial charge is 0.348 e. The topological polar surface area (TPSA) is 118 Å². The van der Waals surface area contributed by atoms with Crippen molar-refractivity contribution < 1.29 is 9.18 Å². The lowest BCUT2D eigenvalue weighted by Gasteiger charge is -2.40. The lowest BCUT2D eigenvalue weighted by atomic mass is 9.90. The lowest BCUT2D eigenvalue weighted by molar-refractivity contribution is 0.0896. The fraction of sp³-hybridized carbons (Fsp3) is 0.429. The molecule has 8 rings (SSSR count). The van der Waals surface area contributed by atoms with Crippen LogP contribution in [-0.4, -0.2) is 78.1 Å². The standard InChI is InChI=1S/C42H47FN8O3/c1-28-24-45-38(26-44-28)40(52)47-33-12-14-35(15-13-33)51-41(53)37-23-32(43)25-46-39(37)50(42(51)54)36-7-5-6-31(22-36)30-10-8-29(9-11-30)27-48-20-16-34(17-21-48)49-18-3-2-4-19-49/h5-11,22-26,33-35H,2-4,12-21,27H2,1H3,(H,47,52)/t33-,35+. The van der Waals surface area contributed by atoms with Crippen molar-refractivity contribution in [3.63, 3.8) is 0 Å². The molecule has 5 heterocycles. The molecule has 11 nitrogen and oxygen atoms in total. The van der Waals surface area contributed by atoms with Gasteiger partial charge in [0.25, 0.3) is 11.5 Å². The van der Waals surface area contributed by atoms with Crippen molar-refractivity contribution in [2.75, 3.05) is 26.2 Å². The number of fused-ring (bicyclic) bond motifs is 1. The van der Waals surface area contributed by atoms with E-state index in [1.807, 2.05) is 24.3 Å². The minimum Gasteiger partial charge on any atom is -0.348 e. The van der Waals surface area contributed by atoms with Crippen molar-refractivity contribution in [3.8, 4) is 16.8 Å². The first kappa shape index (κ1) is 35.9. The third kappa shape index (κ3) is 7.63. The van der Waals surface area contributed by atoms with Crippen LogP contribution in [0.1, 0.15) is 85.6 Å². The van der Waals surface area contributed by atoms with Crippen molar-refractivity contribution in [2.45, 2.75) is 89.4 Å². The zero-order valence-corrected chi connectivity index (χ0v) is 30.8. The molecule has 5 aromatic rings. The van der Waals surface area contributed by atoms with Gasteiger partial charge in [-0.05, 0) is 119 Å². The summed E-state index contributed by atoms with van der Waals surface area (Å²) in [7, 11) is 0. The molecule has 1 aliphatic carbocycles. The summed E-state index contributed by atoms with van der Waals surface area (Å²) in [6, 6.07) is 17.5. The number of hydrogen-bond donors (Lipinski definition) is 1. The Morgan fingerprint density at radius 2 is 1.56 bits per heavy atom. The van der Waals surface area contributed by atoms with Gasteiger partial charge in [0.05, 0.1) is 29.2 Å². The van der Waals surface area contributed by atoms with Gasteiger partial charge in [-0.2, -0.15) is 0 Å². The molecule has 0 unspecified atom stereocenters. The molecular weight excluding hydrogens is 684 g/mol. The summed E-state index contributed by atoms with van der Waals surface area (Å²) < 4.78 is 17.2. The molecule has 2 aromatic carbocycles. The van der Waals surface area contributed by atoms with Crippen LogP contribution >= 0.6 is 0 Å². The van der Waals surface area contributed by atoms with E-state index in [1.54, 1.807) is 13.1 Å². The molecule has 3 aliphatic rings. The maximum absolute atomic E-state index is 14.6. The molecule has 1 N–H and O–H groups in total. The third-order valence-corrected chi connectivity index (χ3v) is 11.6. The van der Waals surface area contributed by atoms with Gasteiger partial charge in [-0.3, -0.25) is 24.0 Å². The highest BCUT2D eigenvalue weighted by Gasteiger charge is 2.29. The van der Waals surface area contributed by atoms with Crippen LogP contribution in [0.5, 0.6) is 0 Å². The van der Waals surface area contributed by atoms with E-state index < -0.39 is 23.1 Å². The highest BCUT2D eigenvalue weighted by molar-refractivity contribution is 5.92. The van der Waals surface area contributed by atoms with Gasteiger partial charge in [-0.15, -0.1) is 0 Å². The van der Waals surface area contributed by atoms with Crippen LogP contribution in [0, 0.1) is 12.7 Å². The highest BCUT2D eigenvalue weighted by Crippen LogP contribution is 2.29. The minimum atomic E-state index is -0.651. The number of pyridine rings is 1. The highest BCUT2D eigenvalue weighted by atomic mass is 19.1. The van der Waals surface area contributed by atoms with Crippen molar-refractivity contribution in [2.24, 2.45) is 0 Å². The number of rotatable bonds is 8. The summed E-state index contributed by atoms with van der Waals surface area (Å²) in [6.45, 7) is 7.48. The summed E-state index contributed by atoms with van der Waals surface area (Å²) in [4.78, 5) is 58.8. The number of piperidine rings is 2. The van der Waals surface area contributed by atoms with E-state index in [0.717, 1.165) is 54.8 Å². The molecule has 1 saturated carbocycles. The lowest BCUT2D eigenvalue weighted by Crippen LogP contribution is -2.46. The number of halogens is 1. The quantitative estimate of drug-likeness (QED) is 0.213. The first-order valence-corrected chi connectivity index (χ1v) is 19.4. The first-order chi connectivity index (χ1) is 26.3. The number of nitrogens with zero attached hydrogens (tertiary/aromatic N) is 7. The summed E-state index contributed by atoms with van der Waals surface area (Å²) >= 11 is 0. The molecular formula is C42H47FN8O3. The predicted molar refractivity (Wildman–Crippen MR) is 206 cm³/mol. The van der Waals surface area contributed by atoms with Crippen LogP contribution in [0.3, 0.4) is 0 Å². The van der Waals surface area contributed by atoms with Gasteiger partial charge in [0.15, 0.2) is 5.65 Å². The Bertz CT molecular complexity index is 2230. The second kappa shape index (κ2) is 15.7. The number of hydrogen-bond acceptors (Lipinski definition) is 8. The van der Waals surface area contributed by atoms with Crippen LogP contribution in [0.2, 0.25) is 0 Å². The molecule has 3 aromatic heterocycles. The minimum absolute atomic E-state index is 0.0395. The Morgan fingerprint density at radius 3 is 2.28 bits per heavy atom. The van der Waals surface area contributed by atoms with Crippen LogP contribution in [0.4, 0.5) is 4.39 Å². The van der Waals surface area contributed by atoms with Gasteiger partial charge in [-0.1, -0.05) is 42.8 Å². The predicted octanol–water partition coefficient (Wildman–Crippen LogP) is 5.82. The van der Waals surface area contributed by atoms with Gasteiger partial charge in [0, 0.05) is 30.9 Å². The summed E-state index contributed by atoms with van der Waals surface area (Å²) in [5.74, 6) is -0.960. The van der Waals surface area contributed by atoms with E-state index in [4.69, 9.17) is 0 Å². The molecule has 3 fully saturated rings. The molecule has 0 bridgehead atoms. The van der Waals surface area contributed by atoms with Crippen molar-refractivity contribution in [1.82, 2.24) is 39.2 Å². The van der Waals surface area contributed by atoms with Crippen LogP contribution in [0.15, 0.2) is 82.8 Å². The number of carbonyl (C=O) groups excluding carboxylic acids is 1. The van der Waals surface area contributed by atoms with Crippen molar-refractivity contribution >= 4 is 16.9 Å². The second-order valence-corrected chi connectivity index (χ2v) is 15.2. The Labute approximate surface area is 313 Å². The fourth-order valence-electron chi connectivity index (χ4n) is 8.60. The van der Waals surface area contributed by atoms with Crippen LogP contribution < -0.4 is 16.6 Å². The molecule has 0 atom stereocenters. The number of carbonyl (C=O) groups is 1. The number of aromatic nitrogens is 5. The molecule has 280 valence electrons. The number of nitrogens with one attached hydrogen (secondary N) is 1. The van der Waals surface area contributed by atoms with E-state index in [-0.39, 0.29) is 28.7 Å². The first-order valence-electron chi connectivity index (χ1n) is 19.4. The number of amides is 1. The SMILES string of the molecule is Cc1cnc(C(=O)N[C@H]2CC[C@@H](n3c(=O)c4cc(F)cnc4n(-c4cccc(-c5ccc(CN6CCC(N7CCCCC7)CC6)cc5)c4)c3=O)CC2)cn1. The van der Waals surface area contributed by atoms with Crippen molar-refractivity contribution in [3.05, 3.63) is 117 Å². The Kier molecular flexibility index (Phi) is 10.5. The Hall–Kier alpha value is -5.07. The molecule has 2 aliphatic heterocycles. The van der Waals surface area contributed by atoms with Gasteiger partial charge in [-0.25, -0.2) is 23.7 Å². The summed E-state index contributed by atoms with van der Waals surface area (Å²) in [5, 5.41) is 3.05. The molecule has 2 saturated heterocycles. The smallest absolute Gasteiger partial charge is 0.337 e. The molecule has 54 heavy (non-hydrogen) atoms. The number of likely N-dealkylation sites (tertiary alicyclic amines) is 2. The maximum atomic E-state index is 14.6. The van der Waals surface area contributed by atoms with E-state index >= 15 is 0 Å². The third-order valence-electron chi connectivity index (χ3n) is 11.6. The molecule has 12 heteroatoms. The average molecular weight is 731 g/mol. The Morgan fingerprint density at radius 1 is 0.796 bits per heavy atom. The number of aryl methyl sites for hydroxylation is 1. The summed E-state index contributed by atoms with van der Waals surface area (Å²) in [6.07, 6.45) is 12.6. The fourth-order valence-corrected chi connectivity index (χ4v) is 8.60. The van der Waals surface area contributed by atoms with Gasteiger partial charge < -0.3 is 10.2 Å². The maximum Gasteiger partial charge on any atom is 0.337 e. The monoisotopic (exact) mass is 730 g/mol. The zero-order valence-electron chi connectivity index (χ0n) is 30.8. The number of benzene rings is 2. The van der Waals surface area contributed by atoms with Crippen LogP contribution in [-0.2, 0) is 6.54 Å². The second-order valence-electron chi connectivity index (χ2n) is 15.2. The van der Waals surface area contributed by atoms with Gasteiger partial charge in [0.1, 0.15) is 11.5 Å². The molecule has 0 spiro atoms. The molecule has 0 radical (unpaired) electrons. The Balaban J connectivity index is 1.000. The molecule has 1 amide bonds. The summed E-state index contributed by atoms with van der Waals surface area (Å²) in [5.41, 5.74) is 3.71. The van der Waals surface area contributed by atoms with E-state index in [0.29, 0.717) is 31.4 Å².